The zero-order chi connectivity index (χ0) is 12.7. The summed E-state index contributed by atoms with van der Waals surface area (Å²) in [5.41, 5.74) is 1.07. The third-order valence-electron chi connectivity index (χ3n) is 2.59. The molecule has 0 amide bonds. The first-order valence-electron chi connectivity index (χ1n) is 5.62. The van der Waals surface area contributed by atoms with Crippen molar-refractivity contribution >= 4 is 12.0 Å². The maximum absolute atomic E-state index is 11.4. The first-order valence-corrected chi connectivity index (χ1v) is 5.62. The molecule has 17 heavy (non-hydrogen) atoms. The normalized spacial score (nSPS) is 14.5. The smallest absolute Gasteiger partial charge is 0.311 e. The van der Waals surface area contributed by atoms with Crippen molar-refractivity contribution in [1.29, 1.82) is 0 Å². The quantitative estimate of drug-likeness (QED) is 0.795. The average molecular weight is 234 g/mol. The van der Waals surface area contributed by atoms with E-state index in [1.807, 2.05) is 42.5 Å². The van der Waals surface area contributed by atoms with Crippen LogP contribution in [0.2, 0.25) is 0 Å². The van der Waals surface area contributed by atoms with Gasteiger partial charge in [-0.05, 0) is 18.9 Å². The van der Waals surface area contributed by atoms with Crippen LogP contribution < -0.4 is 0 Å². The third kappa shape index (κ3) is 4.41. The largest absolute Gasteiger partial charge is 0.469 e. The predicted octanol–water partition coefficient (Wildman–Crippen LogP) is 2.26. The van der Waals surface area contributed by atoms with Gasteiger partial charge < -0.3 is 9.84 Å². The molecule has 0 fully saturated rings. The summed E-state index contributed by atoms with van der Waals surface area (Å²) in [5.74, 6) is -0.877. The molecule has 0 radical (unpaired) electrons. The molecule has 3 nitrogen and oxygen atoms in total. The van der Waals surface area contributed by atoms with Crippen molar-refractivity contribution < 1.29 is 14.6 Å². The zero-order valence-electron chi connectivity index (χ0n) is 10.2. The summed E-state index contributed by atoms with van der Waals surface area (Å²) in [6.45, 7) is 1.60. The lowest BCUT2D eigenvalue weighted by molar-refractivity contribution is -0.148. The molecule has 1 N–H and O–H groups in total. The van der Waals surface area contributed by atoms with Crippen LogP contribution in [0, 0.1) is 5.92 Å². The topological polar surface area (TPSA) is 46.5 Å². The minimum Gasteiger partial charge on any atom is -0.469 e. The van der Waals surface area contributed by atoms with E-state index in [0.717, 1.165) is 5.56 Å². The Morgan fingerprint density at radius 1 is 1.41 bits per heavy atom. The third-order valence-corrected chi connectivity index (χ3v) is 2.59. The summed E-state index contributed by atoms with van der Waals surface area (Å²) in [6, 6.07) is 9.81. The minimum atomic E-state index is -0.706. The molecule has 0 saturated heterocycles. The second-order valence-electron chi connectivity index (χ2n) is 3.92. The molecule has 0 unspecified atom stereocenters. The van der Waals surface area contributed by atoms with E-state index in [0.29, 0.717) is 6.42 Å². The van der Waals surface area contributed by atoms with Crippen molar-refractivity contribution in [2.75, 3.05) is 7.11 Å². The van der Waals surface area contributed by atoms with Crippen LogP contribution in [0.5, 0.6) is 0 Å². The summed E-state index contributed by atoms with van der Waals surface area (Å²) >= 11 is 0. The number of hydrogen-bond donors (Lipinski definition) is 1. The Morgan fingerprint density at radius 3 is 2.59 bits per heavy atom. The predicted molar refractivity (Wildman–Crippen MR) is 67.3 cm³/mol. The number of methoxy groups -OCH3 is 1. The average Bonchev–Trinajstić information content (AvgIpc) is 2.34. The molecule has 0 aliphatic carbocycles. The van der Waals surface area contributed by atoms with E-state index >= 15 is 0 Å². The molecule has 0 aliphatic rings. The Balaban J connectivity index is 2.58. The molecule has 0 spiro atoms. The molecule has 1 aromatic rings. The molecule has 0 heterocycles. The van der Waals surface area contributed by atoms with Crippen LogP contribution in [0.1, 0.15) is 18.9 Å². The van der Waals surface area contributed by atoms with E-state index in [-0.39, 0.29) is 5.97 Å². The molecular formula is C14H18O3. The number of rotatable bonds is 5. The molecule has 0 aliphatic heterocycles. The summed E-state index contributed by atoms with van der Waals surface area (Å²) in [4.78, 5) is 11.4. The number of aliphatic hydroxyl groups is 1. The number of hydrogen-bond acceptors (Lipinski definition) is 3. The van der Waals surface area contributed by atoms with Crippen molar-refractivity contribution in [3.05, 3.63) is 42.0 Å². The fourth-order valence-electron chi connectivity index (χ4n) is 1.56. The minimum absolute atomic E-state index is 0.377. The van der Waals surface area contributed by atoms with Gasteiger partial charge in [-0.15, -0.1) is 0 Å². The summed E-state index contributed by atoms with van der Waals surface area (Å²) in [7, 11) is 1.33. The number of aliphatic hydroxyl groups excluding tert-OH is 1. The molecule has 0 aromatic heterocycles. The van der Waals surface area contributed by atoms with Gasteiger partial charge in [0.05, 0.1) is 19.1 Å². The molecule has 1 aromatic carbocycles. The number of ether oxygens (including phenoxy) is 1. The number of carbonyl (C=O) groups excluding carboxylic acids is 1. The standard InChI is InChI=1S/C14H18O3/c1-11(15)13(14(16)17-2)10-6-9-12-7-4-3-5-8-12/h3-9,11,13,15H,10H2,1-2H3/t11-,13-/m1/s1. The highest BCUT2D eigenvalue weighted by Crippen LogP contribution is 2.13. The van der Waals surface area contributed by atoms with Gasteiger partial charge in [0.15, 0.2) is 0 Å². The van der Waals surface area contributed by atoms with Crippen LogP contribution in [-0.4, -0.2) is 24.3 Å². The second-order valence-corrected chi connectivity index (χ2v) is 3.92. The van der Waals surface area contributed by atoms with Gasteiger partial charge in [0.1, 0.15) is 0 Å². The van der Waals surface area contributed by atoms with Crippen molar-refractivity contribution in [3.8, 4) is 0 Å². The molecule has 0 saturated carbocycles. The first-order chi connectivity index (χ1) is 8.15. The van der Waals surface area contributed by atoms with Gasteiger partial charge in [0, 0.05) is 0 Å². The number of allylic oxidation sites excluding steroid dienone is 1. The molecule has 92 valence electrons. The van der Waals surface area contributed by atoms with Crippen molar-refractivity contribution in [2.45, 2.75) is 19.4 Å². The summed E-state index contributed by atoms with van der Waals surface area (Å²) in [5, 5.41) is 9.48. The van der Waals surface area contributed by atoms with Crippen LogP contribution >= 0.6 is 0 Å². The molecule has 0 bridgehead atoms. The van der Waals surface area contributed by atoms with Gasteiger partial charge in [-0.3, -0.25) is 4.79 Å². The maximum atomic E-state index is 11.4. The van der Waals surface area contributed by atoms with E-state index in [2.05, 4.69) is 4.74 Å². The number of esters is 1. The van der Waals surface area contributed by atoms with Gasteiger partial charge >= 0.3 is 5.97 Å². The Hall–Kier alpha value is -1.61. The number of benzene rings is 1. The molecular weight excluding hydrogens is 216 g/mol. The van der Waals surface area contributed by atoms with Crippen LogP contribution in [0.4, 0.5) is 0 Å². The van der Waals surface area contributed by atoms with E-state index in [1.165, 1.54) is 7.11 Å². The van der Waals surface area contributed by atoms with Gasteiger partial charge in [0.25, 0.3) is 0 Å². The zero-order valence-corrected chi connectivity index (χ0v) is 10.2. The Kier molecular flexibility index (Phi) is 5.43. The summed E-state index contributed by atoms with van der Waals surface area (Å²) < 4.78 is 4.64. The van der Waals surface area contributed by atoms with Gasteiger partial charge in [-0.25, -0.2) is 0 Å². The van der Waals surface area contributed by atoms with Gasteiger partial charge in [-0.2, -0.15) is 0 Å². The maximum Gasteiger partial charge on any atom is 0.311 e. The van der Waals surface area contributed by atoms with E-state index in [1.54, 1.807) is 6.92 Å². The van der Waals surface area contributed by atoms with Crippen molar-refractivity contribution in [2.24, 2.45) is 5.92 Å². The fraction of sp³-hybridized carbons (Fsp3) is 0.357. The van der Waals surface area contributed by atoms with Gasteiger partial charge in [-0.1, -0.05) is 42.5 Å². The number of carbonyl (C=O) groups is 1. The lowest BCUT2D eigenvalue weighted by Crippen LogP contribution is -2.26. The molecule has 1 rings (SSSR count). The van der Waals surface area contributed by atoms with Crippen LogP contribution in [0.15, 0.2) is 36.4 Å². The van der Waals surface area contributed by atoms with E-state index < -0.39 is 12.0 Å². The van der Waals surface area contributed by atoms with Crippen LogP contribution in [0.3, 0.4) is 0 Å². The van der Waals surface area contributed by atoms with E-state index in [4.69, 9.17) is 0 Å². The SMILES string of the molecule is COC(=O)[C@H](CC=Cc1ccccc1)[C@@H](C)O. The Morgan fingerprint density at radius 2 is 2.06 bits per heavy atom. The Labute approximate surface area is 102 Å². The first kappa shape index (κ1) is 13.5. The fourth-order valence-corrected chi connectivity index (χ4v) is 1.56. The lowest BCUT2D eigenvalue weighted by atomic mass is 9.99. The molecule has 3 heteroatoms. The van der Waals surface area contributed by atoms with Crippen molar-refractivity contribution in [3.63, 3.8) is 0 Å². The highest BCUT2D eigenvalue weighted by molar-refractivity contribution is 5.73. The van der Waals surface area contributed by atoms with E-state index in [9.17, 15) is 9.90 Å². The monoisotopic (exact) mass is 234 g/mol. The highest BCUT2D eigenvalue weighted by Gasteiger charge is 2.22. The summed E-state index contributed by atoms with van der Waals surface area (Å²) in [6.07, 6.45) is 3.57. The highest BCUT2D eigenvalue weighted by atomic mass is 16.5. The van der Waals surface area contributed by atoms with Gasteiger partial charge in [0.2, 0.25) is 0 Å². The lowest BCUT2D eigenvalue weighted by Gasteiger charge is -2.15. The van der Waals surface area contributed by atoms with Crippen molar-refractivity contribution in [1.82, 2.24) is 0 Å². The van der Waals surface area contributed by atoms with Crippen LogP contribution in [0.25, 0.3) is 6.08 Å². The second kappa shape index (κ2) is 6.86. The van der Waals surface area contributed by atoms with Crippen LogP contribution in [-0.2, 0) is 9.53 Å². The molecule has 2 atom stereocenters. The Bertz CT molecular complexity index is 368.